The summed E-state index contributed by atoms with van der Waals surface area (Å²) in [5.74, 6) is 0. The highest BCUT2D eigenvalue weighted by molar-refractivity contribution is 7.15. The summed E-state index contributed by atoms with van der Waals surface area (Å²) in [6.07, 6.45) is 5.15. The van der Waals surface area contributed by atoms with Crippen molar-refractivity contribution in [1.29, 1.82) is 0 Å². The second-order valence-electron chi connectivity index (χ2n) is 4.61. The number of thiophene rings is 1. The topological polar surface area (TPSA) is 29.3 Å². The molecule has 0 aliphatic carbocycles. The second-order valence-corrected chi connectivity index (χ2v) is 6.43. The predicted octanol–water partition coefficient (Wildman–Crippen LogP) is 3.66. The van der Waals surface area contributed by atoms with Crippen molar-refractivity contribution in [3.05, 3.63) is 45.4 Å². The molecule has 3 aromatic heterocycles. The van der Waals surface area contributed by atoms with Gasteiger partial charge in [-0.05, 0) is 30.5 Å². The number of nitrogens with one attached hydrogen (secondary N) is 1. The summed E-state index contributed by atoms with van der Waals surface area (Å²) in [6.45, 7) is 5.31. The average Bonchev–Trinajstić information content (AvgIpc) is 3.03. The van der Waals surface area contributed by atoms with Crippen LogP contribution >= 0.6 is 22.7 Å². The zero-order valence-corrected chi connectivity index (χ0v) is 12.7. The molecule has 3 rings (SSSR count). The normalized spacial score (nSPS) is 13.2. The van der Waals surface area contributed by atoms with Gasteiger partial charge in [-0.1, -0.05) is 6.92 Å². The Morgan fingerprint density at radius 2 is 2.26 bits per heavy atom. The molecule has 3 nitrogen and oxygen atoms in total. The first-order valence-electron chi connectivity index (χ1n) is 6.46. The lowest BCUT2D eigenvalue weighted by Crippen LogP contribution is -2.22. The monoisotopic (exact) mass is 291 g/mol. The fourth-order valence-corrected chi connectivity index (χ4v) is 4.05. The van der Waals surface area contributed by atoms with Gasteiger partial charge in [-0.3, -0.25) is 4.40 Å². The van der Waals surface area contributed by atoms with Gasteiger partial charge in [0, 0.05) is 35.1 Å². The van der Waals surface area contributed by atoms with Crippen LogP contribution in [0.2, 0.25) is 0 Å². The van der Waals surface area contributed by atoms with Gasteiger partial charge >= 0.3 is 0 Å². The lowest BCUT2D eigenvalue weighted by atomic mass is 10.1. The third-order valence-electron chi connectivity index (χ3n) is 3.23. The van der Waals surface area contributed by atoms with Crippen LogP contribution in [0, 0.1) is 6.92 Å². The molecule has 1 atom stereocenters. The van der Waals surface area contributed by atoms with E-state index in [2.05, 4.69) is 57.8 Å². The minimum absolute atomic E-state index is 0.370. The Hall–Kier alpha value is -1.17. The summed E-state index contributed by atoms with van der Waals surface area (Å²) in [6, 6.07) is 2.56. The highest BCUT2D eigenvalue weighted by Crippen LogP contribution is 2.27. The standard InChI is InChI=1S/C14H17N3S2/c1-3-15-12(13-10(2)4-6-18-13)8-11-9-17-5-7-19-14(17)16-11/h4-7,9,12,15H,3,8H2,1-2H3. The maximum Gasteiger partial charge on any atom is 0.193 e. The number of thiazole rings is 1. The Balaban J connectivity index is 1.85. The Labute approximate surface area is 120 Å². The molecule has 100 valence electrons. The molecule has 19 heavy (non-hydrogen) atoms. The van der Waals surface area contributed by atoms with E-state index < -0.39 is 0 Å². The summed E-state index contributed by atoms with van der Waals surface area (Å²) in [7, 11) is 0. The van der Waals surface area contributed by atoms with Gasteiger partial charge in [0.05, 0.1) is 5.69 Å². The molecule has 0 amide bonds. The van der Waals surface area contributed by atoms with Crippen LogP contribution in [0.1, 0.15) is 29.1 Å². The lowest BCUT2D eigenvalue weighted by Gasteiger charge is -2.16. The number of imidazole rings is 1. The van der Waals surface area contributed by atoms with Crippen LogP contribution in [0.4, 0.5) is 0 Å². The third-order valence-corrected chi connectivity index (χ3v) is 5.13. The van der Waals surface area contributed by atoms with Crippen molar-refractivity contribution in [1.82, 2.24) is 14.7 Å². The lowest BCUT2D eigenvalue weighted by molar-refractivity contribution is 0.551. The van der Waals surface area contributed by atoms with Crippen LogP contribution in [0.5, 0.6) is 0 Å². The third kappa shape index (κ3) is 2.59. The zero-order valence-electron chi connectivity index (χ0n) is 11.1. The first kappa shape index (κ1) is 12.8. The van der Waals surface area contributed by atoms with Gasteiger partial charge in [0.25, 0.3) is 0 Å². The van der Waals surface area contributed by atoms with Crippen LogP contribution < -0.4 is 5.32 Å². The van der Waals surface area contributed by atoms with E-state index in [1.165, 1.54) is 10.4 Å². The van der Waals surface area contributed by atoms with Crippen molar-refractivity contribution in [2.75, 3.05) is 6.54 Å². The molecule has 0 aliphatic heterocycles. The second kappa shape index (κ2) is 5.45. The molecule has 0 aromatic carbocycles. The molecule has 1 N–H and O–H groups in total. The smallest absolute Gasteiger partial charge is 0.193 e. The van der Waals surface area contributed by atoms with Gasteiger partial charge in [-0.2, -0.15) is 0 Å². The predicted molar refractivity (Wildman–Crippen MR) is 82.2 cm³/mol. The van der Waals surface area contributed by atoms with E-state index in [0.29, 0.717) is 6.04 Å². The van der Waals surface area contributed by atoms with Crippen LogP contribution in [0.25, 0.3) is 4.96 Å². The van der Waals surface area contributed by atoms with Gasteiger partial charge < -0.3 is 5.32 Å². The molecule has 0 spiro atoms. The number of nitrogens with zero attached hydrogens (tertiary/aromatic N) is 2. The summed E-state index contributed by atoms with van der Waals surface area (Å²) >= 11 is 3.51. The van der Waals surface area contributed by atoms with E-state index in [1.54, 1.807) is 11.3 Å². The largest absolute Gasteiger partial charge is 0.309 e. The number of likely N-dealkylation sites (N-methyl/N-ethyl adjacent to an activating group) is 1. The number of fused-ring (bicyclic) bond motifs is 1. The number of hydrogen-bond donors (Lipinski definition) is 1. The van der Waals surface area contributed by atoms with E-state index in [-0.39, 0.29) is 0 Å². The molecule has 0 aliphatic rings. The summed E-state index contributed by atoms with van der Waals surface area (Å²) < 4.78 is 2.10. The van der Waals surface area contributed by atoms with E-state index >= 15 is 0 Å². The van der Waals surface area contributed by atoms with Crippen LogP contribution in [0.15, 0.2) is 29.2 Å². The van der Waals surface area contributed by atoms with Crippen molar-refractivity contribution in [3.63, 3.8) is 0 Å². The molecule has 0 bridgehead atoms. The Bertz CT molecular complexity index is 636. The molecular formula is C14H17N3S2. The van der Waals surface area contributed by atoms with Crippen molar-refractivity contribution in [2.45, 2.75) is 26.3 Å². The van der Waals surface area contributed by atoms with Crippen molar-refractivity contribution in [3.8, 4) is 0 Å². The molecule has 3 heterocycles. The van der Waals surface area contributed by atoms with E-state index in [0.717, 1.165) is 23.6 Å². The Morgan fingerprint density at radius 1 is 1.37 bits per heavy atom. The maximum absolute atomic E-state index is 4.68. The molecule has 0 saturated carbocycles. The molecule has 1 unspecified atom stereocenters. The van der Waals surface area contributed by atoms with E-state index in [4.69, 9.17) is 0 Å². The number of hydrogen-bond acceptors (Lipinski definition) is 4. The number of aryl methyl sites for hydroxylation is 1. The van der Waals surface area contributed by atoms with Gasteiger partial charge in [0.15, 0.2) is 4.96 Å². The first-order valence-corrected chi connectivity index (χ1v) is 8.22. The fourth-order valence-electron chi connectivity index (χ4n) is 2.33. The fraction of sp³-hybridized carbons (Fsp3) is 0.357. The number of rotatable bonds is 5. The van der Waals surface area contributed by atoms with E-state index in [9.17, 15) is 0 Å². The van der Waals surface area contributed by atoms with Crippen LogP contribution in [-0.2, 0) is 6.42 Å². The summed E-state index contributed by atoms with van der Waals surface area (Å²) in [5.41, 5.74) is 2.53. The van der Waals surface area contributed by atoms with Gasteiger partial charge in [0.2, 0.25) is 0 Å². The minimum Gasteiger partial charge on any atom is -0.309 e. The van der Waals surface area contributed by atoms with Gasteiger partial charge in [0.1, 0.15) is 0 Å². The molecular weight excluding hydrogens is 274 g/mol. The molecule has 0 fully saturated rings. The summed E-state index contributed by atoms with van der Waals surface area (Å²) in [4.78, 5) is 7.19. The van der Waals surface area contributed by atoms with Crippen molar-refractivity contribution >= 4 is 27.6 Å². The molecule has 0 saturated heterocycles. The van der Waals surface area contributed by atoms with Crippen molar-refractivity contribution in [2.24, 2.45) is 0 Å². The van der Waals surface area contributed by atoms with E-state index in [1.807, 2.05) is 11.3 Å². The average molecular weight is 291 g/mol. The SMILES string of the molecule is CCNC(Cc1cn2ccsc2n1)c1sccc1C. The molecule has 0 radical (unpaired) electrons. The quantitative estimate of drug-likeness (QED) is 0.777. The minimum atomic E-state index is 0.370. The highest BCUT2D eigenvalue weighted by Gasteiger charge is 2.16. The van der Waals surface area contributed by atoms with Crippen molar-refractivity contribution < 1.29 is 0 Å². The van der Waals surface area contributed by atoms with Gasteiger partial charge in [-0.15, -0.1) is 22.7 Å². The van der Waals surface area contributed by atoms with Crippen LogP contribution in [0.3, 0.4) is 0 Å². The van der Waals surface area contributed by atoms with Crippen LogP contribution in [-0.4, -0.2) is 15.9 Å². The first-order chi connectivity index (χ1) is 9.28. The summed E-state index contributed by atoms with van der Waals surface area (Å²) in [5, 5.41) is 7.81. The zero-order chi connectivity index (χ0) is 13.2. The Morgan fingerprint density at radius 3 is 2.95 bits per heavy atom. The van der Waals surface area contributed by atoms with Gasteiger partial charge in [-0.25, -0.2) is 4.98 Å². The number of aromatic nitrogens is 2. The maximum atomic E-state index is 4.68. The highest BCUT2D eigenvalue weighted by atomic mass is 32.1. The molecule has 5 heteroatoms. The Kier molecular flexibility index (Phi) is 3.68. The molecule has 3 aromatic rings.